The van der Waals surface area contributed by atoms with Crippen LogP contribution in [0.2, 0.25) is 0 Å². The lowest BCUT2D eigenvalue weighted by molar-refractivity contribution is 0.340. The molecule has 1 aromatic heterocycles. The van der Waals surface area contributed by atoms with Crippen LogP contribution < -0.4 is 10.2 Å². The molecule has 2 saturated heterocycles. The molecule has 2 aliphatic rings. The van der Waals surface area contributed by atoms with Gasteiger partial charge in [0.2, 0.25) is 0 Å². The second kappa shape index (κ2) is 4.22. The van der Waals surface area contributed by atoms with Crippen LogP contribution in [0.25, 0.3) is 0 Å². The standard InChI is InChI=1S/C12H17FN4/c1-8-11(13)12(16-7-15-8)17-5-9-3-2-4-14-10(9)6-17/h7,9-10,14H,2-6H2,1H3. The quantitative estimate of drug-likeness (QED) is 0.793. The van der Waals surface area contributed by atoms with Crippen molar-refractivity contribution in [2.45, 2.75) is 25.8 Å². The van der Waals surface area contributed by atoms with E-state index < -0.39 is 0 Å². The van der Waals surface area contributed by atoms with Gasteiger partial charge in [-0.15, -0.1) is 0 Å². The molecule has 1 aromatic rings. The predicted octanol–water partition coefficient (Wildman–Crippen LogP) is 1.11. The van der Waals surface area contributed by atoms with Gasteiger partial charge in [-0.05, 0) is 32.2 Å². The number of hydrogen-bond acceptors (Lipinski definition) is 4. The molecule has 3 heterocycles. The van der Waals surface area contributed by atoms with Crippen molar-refractivity contribution in [1.29, 1.82) is 0 Å². The van der Waals surface area contributed by atoms with E-state index in [4.69, 9.17) is 0 Å². The third-order valence-corrected chi connectivity index (χ3v) is 3.84. The number of piperidine rings is 1. The van der Waals surface area contributed by atoms with Crippen LogP contribution >= 0.6 is 0 Å². The summed E-state index contributed by atoms with van der Waals surface area (Å²) in [5.74, 6) is 0.832. The van der Waals surface area contributed by atoms with E-state index in [2.05, 4.69) is 20.2 Å². The van der Waals surface area contributed by atoms with Crippen molar-refractivity contribution >= 4 is 5.82 Å². The first-order chi connectivity index (χ1) is 8.25. The Morgan fingerprint density at radius 2 is 2.29 bits per heavy atom. The van der Waals surface area contributed by atoms with Crippen LogP contribution in [0.3, 0.4) is 0 Å². The molecule has 0 amide bonds. The number of aryl methyl sites for hydroxylation is 1. The van der Waals surface area contributed by atoms with Crippen LogP contribution in [0, 0.1) is 18.7 Å². The lowest BCUT2D eigenvalue weighted by atomic mass is 9.94. The van der Waals surface area contributed by atoms with Gasteiger partial charge in [-0.2, -0.15) is 0 Å². The summed E-state index contributed by atoms with van der Waals surface area (Å²) in [6, 6.07) is 0.499. The number of fused-ring (bicyclic) bond motifs is 1. The highest BCUT2D eigenvalue weighted by atomic mass is 19.1. The summed E-state index contributed by atoms with van der Waals surface area (Å²) in [6.45, 7) is 4.53. The van der Waals surface area contributed by atoms with Gasteiger partial charge in [-0.1, -0.05) is 0 Å². The van der Waals surface area contributed by atoms with Crippen LogP contribution in [0.1, 0.15) is 18.5 Å². The van der Waals surface area contributed by atoms with Gasteiger partial charge in [0, 0.05) is 19.1 Å². The summed E-state index contributed by atoms with van der Waals surface area (Å²) in [6.07, 6.45) is 3.91. The molecule has 4 nitrogen and oxygen atoms in total. The first-order valence-corrected chi connectivity index (χ1v) is 6.21. The zero-order valence-electron chi connectivity index (χ0n) is 9.99. The van der Waals surface area contributed by atoms with E-state index in [9.17, 15) is 4.39 Å². The van der Waals surface area contributed by atoms with E-state index in [1.165, 1.54) is 19.2 Å². The summed E-state index contributed by atoms with van der Waals surface area (Å²) in [7, 11) is 0. The average molecular weight is 236 g/mol. The normalized spacial score (nSPS) is 28.2. The van der Waals surface area contributed by atoms with E-state index in [0.29, 0.717) is 23.5 Å². The Hall–Kier alpha value is -1.23. The molecule has 0 aromatic carbocycles. The number of halogens is 1. The Labute approximate surface area is 100 Å². The van der Waals surface area contributed by atoms with Crippen molar-refractivity contribution in [2.24, 2.45) is 5.92 Å². The summed E-state index contributed by atoms with van der Waals surface area (Å²) in [4.78, 5) is 10.0. The molecule has 92 valence electrons. The minimum Gasteiger partial charge on any atom is -0.352 e. The van der Waals surface area contributed by atoms with Crippen LogP contribution in [0.15, 0.2) is 6.33 Å². The van der Waals surface area contributed by atoms with Crippen LogP contribution in [-0.2, 0) is 0 Å². The molecular weight excluding hydrogens is 219 g/mol. The van der Waals surface area contributed by atoms with Crippen molar-refractivity contribution in [3.63, 3.8) is 0 Å². The summed E-state index contributed by atoms with van der Waals surface area (Å²) >= 11 is 0. The Morgan fingerprint density at radius 1 is 1.41 bits per heavy atom. The van der Waals surface area contributed by atoms with Gasteiger partial charge in [0.15, 0.2) is 11.6 Å². The molecule has 0 spiro atoms. The second-order valence-corrected chi connectivity index (χ2v) is 4.96. The first kappa shape index (κ1) is 10.9. The van der Waals surface area contributed by atoms with Crippen LogP contribution in [0.5, 0.6) is 0 Å². The van der Waals surface area contributed by atoms with Crippen LogP contribution in [-0.4, -0.2) is 35.6 Å². The third-order valence-electron chi connectivity index (χ3n) is 3.84. The fourth-order valence-corrected chi connectivity index (χ4v) is 2.89. The minimum absolute atomic E-state index is 0.272. The first-order valence-electron chi connectivity index (χ1n) is 6.21. The molecule has 1 N–H and O–H groups in total. The molecule has 0 aliphatic carbocycles. The molecule has 2 aliphatic heterocycles. The molecule has 5 heteroatoms. The highest BCUT2D eigenvalue weighted by molar-refractivity contribution is 5.42. The fraction of sp³-hybridized carbons (Fsp3) is 0.667. The van der Waals surface area contributed by atoms with Crippen molar-refractivity contribution < 1.29 is 4.39 Å². The van der Waals surface area contributed by atoms with E-state index in [1.54, 1.807) is 6.92 Å². The van der Waals surface area contributed by atoms with Gasteiger partial charge in [-0.3, -0.25) is 0 Å². The molecule has 3 rings (SSSR count). The van der Waals surface area contributed by atoms with Gasteiger partial charge in [0.05, 0.1) is 5.69 Å². The Kier molecular flexibility index (Phi) is 2.70. The monoisotopic (exact) mass is 236 g/mol. The average Bonchev–Trinajstić information content (AvgIpc) is 2.76. The Bertz CT molecular complexity index is 409. The number of nitrogens with one attached hydrogen (secondary N) is 1. The lowest BCUT2D eigenvalue weighted by Crippen LogP contribution is -2.40. The highest BCUT2D eigenvalue weighted by Crippen LogP contribution is 2.29. The van der Waals surface area contributed by atoms with E-state index in [0.717, 1.165) is 19.6 Å². The smallest absolute Gasteiger partial charge is 0.186 e. The molecule has 0 saturated carbocycles. The summed E-state index contributed by atoms with van der Waals surface area (Å²) in [5, 5.41) is 3.51. The number of aromatic nitrogens is 2. The number of anilines is 1. The molecule has 2 fully saturated rings. The van der Waals surface area contributed by atoms with E-state index in [1.807, 2.05) is 0 Å². The van der Waals surface area contributed by atoms with Crippen molar-refractivity contribution in [3.8, 4) is 0 Å². The van der Waals surface area contributed by atoms with E-state index in [-0.39, 0.29) is 5.82 Å². The maximum Gasteiger partial charge on any atom is 0.186 e. The molecular formula is C12H17FN4. The largest absolute Gasteiger partial charge is 0.352 e. The maximum atomic E-state index is 13.9. The second-order valence-electron chi connectivity index (χ2n) is 4.96. The zero-order valence-corrected chi connectivity index (χ0v) is 9.99. The van der Waals surface area contributed by atoms with Gasteiger partial charge >= 0.3 is 0 Å². The zero-order chi connectivity index (χ0) is 11.8. The van der Waals surface area contributed by atoms with Gasteiger partial charge in [-0.25, -0.2) is 14.4 Å². The number of nitrogens with zero attached hydrogens (tertiary/aromatic N) is 3. The van der Waals surface area contributed by atoms with Crippen molar-refractivity contribution in [3.05, 3.63) is 17.8 Å². The third kappa shape index (κ3) is 1.88. The topological polar surface area (TPSA) is 41.1 Å². The van der Waals surface area contributed by atoms with Crippen molar-refractivity contribution in [1.82, 2.24) is 15.3 Å². The Morgan fingerprint density at radius 3 is 3.12 bits per heavy atom. The molecule has 2 unspecified atom stereocenters. The molecule has 2 atom stereocenters. The summed E-state index contributed by atoms with van der Waals surface area (Å²) < 4.78 is 13.9. The SMILES string of the molecule is Cc1ncnc(N2CC3CCCNC3C2)c1F. The number of rotatable bonds is 1. The van der Waals surface area contributed by atoms with Gasteiger partial charge < -0.3 is 10.2 Å². The highest BCUT2D eigenvalue weighted by Gasteiger charge is 2.35. The van der Waals surface area contributed by atoms with Gasteiger partial charge in [0.1, 0.15) is 6.33 Å². The fourth-order valence-electron chi connectivity index (χ4n) is 2.89. The predicted molar refractivity (Wildman–Crippen MR) is 63.5 cm³/mol. The number of hydrogen-bond donors (Lipinski definition) is 1. The molecule has 17 heavy (non-hydrogen) atoms. The minimum atomic E-state index is -0.272. The lowest BCUT2D eigenvalue weighted by Gasteiger charge is -2.24. The van der Waals surface area contributed by atoms with Crippen molar-refractivity contribution in [2.75, 3.05) is 24.5 Å². The maximum absolute atomic E-state index is 13.9. The van der Waals surface area contributed by atoms with Gasteiger partial charge in [0.25, 0.3) is 0 Å². The summed E-state index contributed by atoms with van der Waals surface area (Å²) in [5.41, 5.74) is 0.429. The van der Waals surface area contributed by atoms with E-state index >= 15 is 0 Å². The van der Waals surface area contributed by atoms with Crippen LogP contribution in [0.4, 0.5) is 10.2 Å². The molecule has 0 bridgehead atoms. The Balaban J connectivity index is 1.83. The molecule has 0 radical (unpaired) electrons.